The van der Waals surface area contributed by atoms with Gasteiger partial charge in [0.05, 0.1) is 6.04 Å². The molecule has 6 nitrogen and oxygen atoms in total. The van der Waals surface area contributed by atoms with E-state index in [2.05, 4.69) is 44.7 Å². The Hall–Kier alpha value is -1.92. The Morgan fingerprint density at radius 3 is 2.38 bits per heavy atom. The largest absolute Gasteiger partial charge is 0.335 e. The lowest BCUT2D eigenvalue weighted by Crippen LogP contribution is -2.55. The molecule has 2 N–H and O–H groups in total. The molecule has 142 valence electrons. The molecule has 1 heterocycles. The van der Waals surface area contributed by atoms with Crippen LogP contribution in [0.3, 0.4) is 0 Å². The van der Waals surface area contributed by atoms with Gasteiger partial charge in [0, 0.05) is 38.8 Å². The fraction of sp³-hybridized carbons (Fsp3) is 0.600. The molecule has 1 unspecified atom stereocenters. The van der Waals surface area contributed by atoms with Gasteiger partial charge in [-0.25, -0.2) is 4.79 Å². The van der Waals surface area contributed by atoms with Crippen LogP contribution < -0.4 is 10.6 Å². The van der Waals surface area contributed by atoms with Crippen molar-refractivity contribution >= 4 is 11.9 Å². The molecule has 1 aliphatic heterocycles. The van der Waals surface area contributed by atoms with Crippen molar-refractivity contribution in [1.82, 2.24) is 20.4 Å². The summed E-state index contributed by atoms with van der Waals surface area (Å²) < 4.78 is 0. The normalized spacial score (nSPS) is 20.7. The minimum absolute atomic E-state index is 0.211. The highest BCUT2D eigenvalue weighted by Crippen LogP contribution is 2.17. The van der Waals surface area contributed by atoms with Gasteiger partial charge in [-0.15, -0.1) is 0 Å². The van der Waals surface area contributed by atoms with Crippen molar-refractivity contribution in [3.05, 3.63) is 35.9 Å². The van der Waals surface area contributed by atoms with Crippen LogP contribution in [0.15, 0.2) is 30.3 Å². The van der Waals surface area contributed by atoms with E-state index >= 15 is 0 Å². The predicted molar refractivity (Wildman–Crippen MR) is 102 cm³/mol. The fourth-order valence-electron chi connectivity index (χ4n) is 3.82. The van der Waals surface area contributed by atoms with Crippen molar-refractivity contribution < 1.29 is 9.59 Å². The average molecular weight is 358 g/mol. The first kappa shape index (κ1) is 18.9. The Morgan fingerprint density at radius 2 is 1.73 bits per heavy atom. The van der Waals surface area contributed by atoms with Crippen molar-refractivity contribution in [2.45, 2.75) is 51.2 Å². The maximum Gasteiger partial charge on any atom is 0.321 e. The number of imide groups is 1. The standard InChI is InChI=1S/C20H30N4O2/c1-16(19(25)22-20(26)21-18-9-5-6-10-18)24-13-11-23(12-14-24)15-17-7-3-2-4-8-17/h2-4,7-8,16,18H,5-6,9-15H2,1H3,(H2,21,22,25,26). The summed E-state index contributed by atoms with van der Waals surface area (Å²) >= 11 is 0. The molecule has 1 atom stereocenters. The Morgan fingerprint density at radius 1 is 1.08 bits per heavy atom. The molecular weight excluding hydrogens is 328 g/mol. The van der Waals surface area contributed by atoms with Gasteiger partial charge in [0.15, 0.2) is 0 Å². The van der Waals surface area contributed by atoms with E-state index in [1.807, 2.05) is 13.0 Å². The molecule has 3 rings (SSSR count). The zero-order valence-corrected chi connectivity index (χ0v) is 15.6. The second kappa shape index (κ2) is 9.14. The molecule has 3 amide bonds. The van der Waals surface area contributed by atoms with E-state index in [0.29, 0.717) is 0 Å². The van der Waals surface area contributed by atoms with Crippen LogP contribution in [0.4, 0.5) is 4.79 Å². The summed E-state index contributed by atoms with van der Waals surface area (Å²) in [6, 6.07) is 10.0. The molecule has 0 bridgehead atoms. The second-order valence-corrected chi connectivity index (χ2v) is 7.42. The Kier molecular flexibility index (Phi) is 6.63. The van der Waals surface area contributed by atoms with Gasteiger partial charge in [0.1, 0.15) is 0 Å². The van der Waals surface area contributed by atoms with E-state index in [9.17, 15) is 9.59 Å². The first-order valence-corrected chi connectivity index (χ1v) is 9.73. The third-order valence-electron chi connectivity index (χ3n) is 5.51. The van der Waals surface area contributed by atoms with E-state index in [1.54, 1.807) is 0 Å². The van der Waals surface area contributed by atoms with E-state index in [0.717, 1.165) is 58.4 Å². The third-order valence-corrected chi connectivity index (χ3v) is 5.51. The van der Waals surface area contributed by atoms with Crippen molar-refractivity contribution in [1.29, 1.82) is 0 Å². The van der Waals surface area contributed by atoms with E-state index in [-0.39, 0.29) is 24.0 Å². The number of carbonyl (C=O) groups excluding carboxylic acids is 2. The van der Waals surface area contributed by atoms with E-state index in [4.69, 9.17) is 0 Å². The van der Waals surface area contributed by atoms with E-state index < -0.39 is 0 Å². The number of hydrogen-bond acceptors (Lipinski definition) is 4. The fourth-order valence-corrected chi connectivity index (χ4v) is 3.82. The number of amides is 3. The second-order valence-electron chi connectivity index (χ2n) is 7.42. The minimum Gasteiger partial charge on any atom is -0.335 e. The lowest BCUT2D eigenvalue weighted by atomic mass is 10.1. The lowest BCUT2D eigenvalue weighted by molar-refractivity contribution is -0.125. The number of hydrogen-bond donors (Lipinski definition) is 2. The van der Waals surface area contributed by atoms with Crippen LogP contribution >= 0.6 is 0 Å². The van der Waals surface area contributed by atoms with E-state index in [1.165, 1.54) is 5.56 Å². The summed E-state index contributed by atoms with van der Waals surface area (Å²) in [5.74, 6) is -0.211. The van der Waals surface area contributed by atoms with Crippen molar-refractivity contribution in [2.24, 2.45) is 0 Å². The summed E-state index contributed by atoms with van der Waals surface area (Å²) in [5.41, 5.74) is 1.32. The van der Waals surface area contributed by atoms with Crippen molar-refractivity contribution in [3.8, 4) is 0 Å². The molecule has 1 aromatic rings. The van der Waals surface area contributed by atoms with Crippen LogP contribution in [-0.4, -0.2) is 60.0 Å². The molecule has 0 spiro atoms. The molecule has 0 radical (unpaired) electrons. The number of urea groups is 1. The Labute approximate surface area is 155 Å². The molecule has 1 saturated carbocycles. The maximum atomic E-state index is 12.4. The monoisotopic (exact) mass is 358 g/mol. The SMILES string of the molecule is CC(C(=O)NC(=O)NC1CCCC1)N1CCN(Cc2ccccc2)CC1. The molecule has 1 aliphatic carbocycles. The summed E-state index contributed by atoms with van der Waals surface area (Å²) in [5, 5.41) is 5.41. The molecule has 0 aromatic heterocycles. The number of piperazine rings is 1. The quantitative estimate of drug-likeness (QED) is 0.845. The topological polar surface area (TPSA) is 64.7 Å². The zero-order valence-electron chi connectivity index (χ0n) is 15.6. The van der Waals surface area contributed by atoms with Gasteiger partial charge in [0.2, 0.25) is 5.91 Å². The number of carbonyl (C=O) groups is 2. The number of benzene rings is 1. The number of nitrogens with zero attached hydrogens (tertiary/aromatic N) is 2. The number of rotatable bonds is 5. The van der Waals surface area contributed by atoms with Gasteiger partial charge >= 0.3 is 6.03 Å². The van der Waals surface area contributed by atoms with Crippen LogP contribution in [0.25, 0.3) is 0 Å². The summed E-state index contributed by atoms with van der Waals surface area (Å²) in [4.78, 5) is 28.9. The van der Waals surface area contributed by atoms with Crippen LogP contribution in [0.5, 0.6) is 0 Å². The molecule has 6 heteroatoms. The Balaban J connectivity index is 1.40. The van der Waals surface area contributed by atoms with Crippen molar-refractivity contribution in [3.63, 3.8) is 0 Å². The van der Waals surface area contributed by atoms with Crippen LogP contribution in [0.2, 0.25) is 0 Å². The van der Waals surface area contributed by atoms with Gasteiger partial charge < -0.3 is 5.32 Å². The highest BCUT2D eigenvalue weighted by molar-refractivity contribution is 5.96. The molecular formula is C20H30N4O2. The molecule has 1 saturated heterocycles. The van der Waals surface area contributed by atoms with Gasteiger partial charge in [-0.2, -0.15) is 0 Å². The smallest absolute Gasteiger partial charge is 0.321 e. The summed E-state index contributed by atoms with van der Waals surface area (Å²) in [6.07, 6.45) is 4.34. The predicted octanol–water partition coefficient (Wildman–Crippen LogP) is 1.96. The average Bonchev–Trinajstić information content (AvgIpc) is 3.15. The molecule has 1 aromatic carbocycles. The molecule has 2 aliphatic rings. The van der Waals surface area contributed by atoms with Crippen molar-refractivity contribution in [2.75, 3.05) is 26.2 Å². The van der Waals surface area contributed by atoms with Gasteiger partial charge in [0.25, 0.3) is 0 Å². The third kappa shape index (κ3) is 5.29. The van der Waals surface area contributed by atoms with Crippen LogP contribution in [0.1, 0.15) is 38.2 Å². The first-order valence-electron chi connectivity index (χ1n) is 9.73. The minimum atomic E-state index is -0.350. The zero-order chi connectivity index (χ0) is 18.4. The number of nitrogens with one attached hydrogen (secondary N) is 2. The highest BCUT2D eigenvalue weighted by Gasteiger charge is 2.27. The maximum absolute atomic E-state index is 12.4. The van der Waals surface area contributed by atoms with Gasteiger partial charge in [-0.05, 0) is 25.3 Å². The van der Waals surface area contributed by atoms with Crippen LogP contribution in [-0.2, 0) is 11.3 Å². The molecule has 2 fully saturated rings. The first-order chi connectivity index (χ1) is 12.6. The lowest BCUT2D eigenvalue weighted by Gasteiger charge is -2.37. The van der Waals surface area contributed by atoms with Gasteiger partial charge in [-0.3, -0.25) is 19.9 Å². The highest BCUT2D eigenvalue weighted by atomic mass is 16.2. The van der Waals surface area contributed by atoms with Gasteiger partial charge in [-0.1, -0.05) is 43.2 Å². The summed E-state index contributed by atoms with van der Waals surface area (Å²) in [7, 11) is 0. The summed E-state index contributed by atoms with van der Waals surface area (Å²) in [6.45, 7) is 6.36. The molecule has 26 heavy (non-hydrogen) atoms. The van der Waals surface area contributed by atoms with Crippen LogP contribution in [0, 0.1) is 0 Å². The Bertz CT molecular complexity index is 593.